The highest BCUT2D eigenvalue weighted by atomic mass is 16.5. The molecule has 13 heavy (non-hydrogen) atoms. The Labute approximate surface area is 77.6 Å². The van der Waals surface area contributed by atoms with Crippen LogP contribution < -0.4 is 4.74 Å². The van der Waals surface area contributed by atoms with Crippen LogP contribution in [0.4, 0.5) is 0 Å². The lowest BCUT2D eigenvalue weighted by Crippen LogP contribution is -2.15. The minimum atomic E-state index is -0.712. The van der Waals surface area contributed by atoms with Gasteiger partial charge in [-0.05, 0) is 11.6 Å². The first-order valence-corrected chi connectivity index (χ1v) is 4.18. The number of para-hydroxylation sites is 1. The summed E-state index contributed by atoms with van der Waals surface area (Å²) in [7, 11) is 1.59. The van der Waals surface area contributed by atoms with Gasteiger partial charge in [0.15, 0.2) is 0 Å². The van der Waals surface area contributed by atoms with Gasteiger partial charge in [-0.15, -0.1) is 0 Å². The maximum Gasteiger partial charge on any atom is 0.122 e. The van der Waals surface area contributed by atoms with Crippen LogP contribution in [0.1, 0.15) is 5.56 Å². The maximum atomic E-state index is 9.23. The SMILES string of the molecule is COc1ccccc1CC(O)CO. The second-order valence-corrected chi connectivity index (χ2v) is 2.85. The number of rotatable bonds is 4. The van der Waals surface area contributed by atoms with E-state index in [0.29, 0.717) is 6.42 Å². The second kappa shape index (κ2) is 4.84. The first-order chi connectivity index (χ1) is 6.27. The molecule has 0 radical (unpaired) electrons. The zero-order valence-electron chi connectivity index (χ0n) is 7.60. The van der Waals surface area contributed by atoms with Gasteiger partial charge in [0.1, 0.15) is 5.75 Å². The summed E-state index contributed by atoms with van der Waals surface area (Å²) in [6, 6.07) is 7.45. The number of aliphatic hydroxyl groups is 2. The molecular weight excluding hydrogens is 168 g/mol. The van der Waals surface area contributed by atoms with Crippen molar-refractivity contribution in [2.24, 2.45) is 0 Å². The highest BCUT2D eigenvalue weighted by Crippen LogP contribution is 2.18. The molecule has 0 spiro atoms. The Kier molecular flexibility index (Phi) is 3.73. The number of aliphatic hydroxyl groups excluding tert-OH is 2. The normalized spacial score (nSPS) is 12.5. The summed E-state index contributed by atoms with van der Waals surface area (Å²) < 4.78 is 5.10. The van der Waals surface area contributed by atoms with Crippen LogP contribution in [-0.4, -0.2) is 30.0 Å². The van der Waals surface area contributed by atoms with Crippen molar-refractivity contribution in [3.8, 4) is 5.75 Å². The summed E-state index contributed by atoms with van der Waals surface area (Å²) in [5, 5.41) is 17.9. The molecule has 0 fully saturated rings. The average molecular weight is 182 g/mol. The fourth-order valence-electron chi connectivity index (χ4n) is 1.19. The molecule has 1 aromatic carbocycles. The summed E-state index contributed by atoms with van der Waals surface area (Å²) in [6.45, 7) is -0.224. The van der Waals surface area contributed by atoms with Crippen molar-refractivity contribution >= 4 is 0 Å². The highest BCUT2D eigenvalue weighted by molar-refractivity contribution is 5.33. The average Bonchev–Trinajstić information content (AvgIpc) is 2.18. The molecule has 2 N–H and O–H groups in total. The molecule has 0 saturated heterocycles. The van der Waals surface area contributed by atoms with E-state index >= 15 is 0 Å². The Hall–Kier alpha value is -1.06. The first-order valence-electron chi connectivity index (χ1n) is 4.18. The molecule has 0 aliphatic heterocycles. The highest BCUT2D eigenvalue weighted by Gasteiger charge is 2.07. The quantitative estimate of drug-likeness (QED) is 0.716. The van der Waals surface area contributed by atoms with E-state index in [-0.39, 0.29) is 6.61 Å². The third-order valence-corrected chi connectivity index (χ3v) is 1.86. The van der Waals surface area contributed by atoms with Gasteiger partial charge < -0.3 is 14.9 Å². The number of hydrogen-bond acceptors (Lipinski definition) is 3. The van der Waals surface area contributed by atoms with Gasteiger partial charge in [0.05, 0.1) is 19.8 Å². The lowest BCUT2D eigenvalue weighted by atomic mass is 10.1. The Morgan fingerprint density at radius 3 is 2.69 bits per heavy atom. The molecule has 0 aromatic heterocycles. The Morgan fingerprint density at radius 1 is 1.38 bits per heavy atom. The molecule has 72 valence electrons. The predicted octanol–water partition coefficient (Wildman–Crippen LogP) is 0.591. The molecule has 0 bridgehead atoms. The minimum absolute atomic E-state index is 0.224. The van der Waals surface area contributed by atoms with E-state index < -0.39 is 6.10 Å². The summed E-state index contributed by atoms with van der Waals surface area (Å²) in [6.07, 6.45) is -0.295. The van der Waals surface area contributed by atoms with Crippen molar-refractivity contribution in [1.82, 2.24) is 0 Å². The van der Waals surface area contributed by atoms with E-state index in [9.17, 15) is 5.11 Å². The molecule has 0 saturated carbocycles. The molecule has 0 amide bonds. The second-order valence-electron chi connectivity index (χ2n) is 2.85. The standard InChI is InChI=1S/C10H14O3/c1-13-10-5-3-2-4-8(10)6-9(12)7-11/h2-5,9,11-12H,6-7H2,1H3. The number of methoxy groups -OCH3 is 1. The molecular formula is C10H14O3. The van der Waals surface area contributed by atoms with Crippen LogP contribution in [0.5, 0.6) is 5.75 Å². The number of ether oxygens (including phenoxy) is 1. The van der Waals surface area contributed by atoms with E-state index in [0.717, 1.165) is 11.3 Å². The smallest absolute Gasteiger partial charge is 0.122 e. The van der Waals surface area contributed by atoms with Crippen LogP contribution in [0.25, 0.3) is 0 Å². The lowest BCUT2D eigenvalue weighted by Gasteiger charge is -2.10. The number of hydrogen-bond donors (Lipinski definition) is 2. The summed E-state index contributed by atoms with van der Waals surface area (Å²) in [5.41, 5.74) is 0.909. The number of benzene rings is 1. The molecule has 0 heterocycles. The van der Waals surface area contributed by atoms with Gasteiger partial charge in [-0.3, -0.25) is 0 Å². The third-order valence-electron chi connectivity index (χ3n) is 1.86. The fourth-order valence-corrected chi connectivity index (χ4v) is 1.19. The largest absolute Gasteiger partial charge is 0.496 e. The van der Waals surface area contributed by atoms with Crippen LogP contribution in [0.15, 0.2) is 24.3 Å². The predicted molar refractivity (Wildman–Crippen MR) is 49.8 cm³/mol. The van der Waals surface area contributed by atoms with E-state index in [1.165, 1.54) is 0 Å². The van der Waals surface area contributed by atoms with Crippen molar-refractivity contribution in [2.45, 2.75) is 12.5 Å². The van der Waals surface area contributed by atoms with Crippen molar-refractivity contribution in [3.05, 3.63) is 29.8 Å². The van der Waals surface area contributed by atoms with Crippen molar-refractivity contribution in [3.63, 3.8) is 0 Å². The fraction of sp³-hybridized carbons (Fsp3) is 0.400. The van der Waals surface area contributed by atoms with Gasteiger partial charge in [-0.1, -0.05) is 18.2 Å². The van der Waals surface area contributed by atoms with Gasteiger partial charge in [-0.25, -0.2) is 0 Å². The maximum absolute atomic E-state index is 9.23. The van der Waals surface area contributed by atoms with Gasteiger partial charge in [-0.2, -0.15) is 0 Å². The lowest BCUT2D eigenvalue weighted by molar-refractivity contribution is 0.0950. The van der Waals surface area contributed by atoms with Crippen molar-refractivity contribution < 1.29 is 14.9 Å². The zero-order valence-corrected chi connectivity index (χ0v) is 7.60. The van der Waals surface area contributed by atoms with Crippen LogP contribution in [-0.2, 0) is 6.42 Å². The summed E-state index contributed by atoms with van der Waals surface area (Å²) >= 11 is 0. The minimum Gasteiger partial charge on any atom is -0.496 e. The van der Waals surface area contributed by atoms with E-state index in [2.05, 4.69) is 0 Å². The van der Waals surface area contributed by atoms with Crippen LogP contribution >= 0.6 is 0 Å². The van der Waals surface area contributed by atoms with Crippen molar-refractivity contribution in [1.29, 1.82) is 0 Å². The van der Waals surface area contributed by atoms with Crippen LogP contribution in [0, 0.1) is 0 Å². The monoisotopic (exact) mass is 182 g/mol. The summed E-state index contributed by atoms with van der Waals surface area (Å²) in [4.78, 5) is 0. The van der Waals surface area contributed by atoms with Crippen molar-refractivity contribution in [2.75, 3.05) is 13.7 Å². The van der Waals surface area contributed by atoms with E-state index in [4.69, 9.17) is 9.84 Å². The Balaban J connectivity index is 2.74. The molecule has 0 aliphatic carbocycles. The Morgan fingerprint density at radius 2 is 2.08 bits per heavy atom. The van der Waals surface area contributed by atoms with E-state index in [1.54, 1.807) is 7.11 Å². The first kappa shape index (κ1) is 10.0. The molecule has 1 atom stereocenters. The molecule has 3 nitrogen and oxygen atoms in total. The van der Waals surface area contributed by atoms with Gasteiger partial charge >= 0.3 is 0 Å². The molecule has 1 rings (SSSR count). The molecule has 0 aliphatic rings. The summed E-state index contributed by atoms with van der Waals surface area (Å²) in [5.74, 6) is 0.745. The van der Waals surface area contributed by atoms with Gasteiger partial charge in [0, 0.05) is 6.42 Å². The van der Waals surface area contributed by atoms with Crippen LogP contribution in [0.3, 0.4) is 0 Å². The van der Waals surface area contributed by atoms with Gasteiger partial charge in [0.25, 0.3) is 0 Å². The third kappa shape index (κ3) is 2.72. The Bertz CT molecular complexity index is 260. The topological polar surface area (TPSA) is 49.7 Å². The zero-order chi connectivity index (χ0) is 9.68. The molecule has 3 heteroatoms. The molecule has 1 aromatic rings. The molecule has 1 unspecified atom stereocenters. The van der Waals surface area contributed by atoms with E-state index in [1.807, 2.05) is 24.3 Å². The van der Waals surface area contributed by atoms with Crippen LogP contribution in [0.2, 0.25) is 0 Å². The van der Waals surface area contributed by atoms with Gasteiger partial charge in [0.2, 0.25) is 0 Å².